The van der Waals surface area contributed by atoms with Gasteiger partial charge in [0.25, 0.3) is 12.3 Å². The highest BCUT2D eigenvalue weighted by Gasteiger charge is 2.57. The third-order valence-electron chi connectivity index (χ3n) is 8.74. The first-order valence-electron chi connectivity index (χ1n) is 14.3. The minimum absolute atomic E-state index is 0.00815. The van der Waals surface area contributed by atoms with Crippen LogP contribution in [0.25, 0.3) is 11.1 Å². The number of hydrogen-bond donors (Lipinski definition) is 2. The Morgan fingerprint density at radius 1 is 0.976 bits per heavy atom. The fourth-order valence-electron chi connectivity index (χ4n) is 6.30. The Hall–Kier alpha value is -2.86. The average molecular weight is 608 g/mol. The van der Waals surface area contributed by atoms with E-state index in [1.54, 1.807) is 0 Å². The van der Waals surface area contributed by atoms with E-state index in [1.165, 1.54) is 4.68 Å². The highest BCUT2D eigenvalue weighted by Crippen LogP contribution is 2.49. The van der Waals surface area contributed by atoms with Crippen molar-refractivity contribution in [2.45, 2.75) is 43.9 Å². The molecule has 1 saturated carbocycles. The average Bonchev–Trinajstić information content (AvgIpc) is 3.35. The zero-order valence-corrected chi connectivity index (χ0v) is 23.8. The number of anilines is 2. The first kappa shape index (κ1) is 29.2. The molecule has 1 aromatic heterocycles. The number of benzene rings is 2. The maximum absolute atomic E-state index is 13.9. The van der Waals surface area contributed by atoms with E-state index < -0.39 is 30.2 Å². The van der Waals surface area contributed by atoms with Crippen LogP contribution in [-0.2, 0) is 0 Å². The van der Waals surface area contributed by atoms with Crippen LogP contribution in [0.3, 0.4) is 0 Å². The first-order chi connectivity index (χ1) is 20.1. The van der Waals surface area contributed by atoms with Crippen LogP contribution in [0.2, 0.25) is 5.02 Å². The van der Waals surface area contributed by atoms with Crippen LogP contribution >= 0.6 is 11.6 Å². The number of piperazine rings is 1. The zero-order valence-electron chi connectivity index (χ0n) is 23.0. The number of aliphatic hydroxyl groups is 2. The van der Waals surface area contributed by atoms with Crippen LogP contribution in [0.15, 0.2) is 48.7 Å². The van der Waals surface area contributed by atoms with Crippen molar-refractivity contribution in [3.63, 3.8) is 0 Å². The van der Waals surface area contributed by atoms with Crippen molar-refractivity contribution in [2.24, 2.45) is 5.92 Å². The number of nitrogens with zero attached hydrogens (tertiary/aromatic N) is 5. The second kappa shape index (κ2) is 11.7. The van der Waals surface area contributed by atoms with E-state index >= 15 is 0 Å². The van der Waals surface area contributed by atoms with Gasteiger partial charge in [0.15, 0.2) is 6.29 Å². The van der Waals surface area contributed by atoms with Gasteiger partial charge in [-0.05, 0) is 42.7 Å². The van der Waals surface area contributed by atoms with Crippen molar-refractivity contribution in [1.29, 1.82) is 0 Å². The Kier molecular flexibility index (Phi) is 8.12. The molecule has 2 unspecified atom stereocenters. The molecular weight excluding hydrogens is 574 g/mol. The maximum atomic E-state index is 13.9. The van der Waals surface area contributed by atoms with Crippen LogP contribution in [-0.4, -0.2) is 76.6 Å². The van der Waals surface area contributed by atoms with Gasteiger partial charge in [-0.3, -0.25) is 9.58 Å². The zero-order chi connectivity index (χ0) is 29.6. The third-order valence-corrected chi connectivity index (χ3v) is 8.98. The molecule has 3 aromatic rings. The number of rotatable bonds is 8. The number of aliphatic hydroxyl groups excluding tert-OH is 1. The molecule has 2 atom stereocenters. The lowest BCUT2D eigenvalue weighted by Gasteiger charge is -2.37. The van der Waals surface area contributed by atoms with Crippen molar-refractivity contribution >= 4 is 23.0 Å². The summed E-state index contributed by atoms with van der Waals surface area (Å²) in [6.45, 7) is 4.65. The van der Waals surface area contributed by atoms with Crippen molar-refractivity contribution in [1.82, 2.24) is 14.7 Å². The second-order valence-electron chi connectivity index (χ2n) is 11.5. The number of halogens is 5. The summed E-state index contributed by atoms with van der Waals surface area (Å²) in [5, 5.41) is 23.8. The summed E-state index contributed by atoms with van der Waals surface area (Å²) < 4.78 is 55.7. The van der Waals surface area contributed by atoms with Gasteiger partial charge >= 0.3 is 0 Å². The molecule has 0 bridgehead atoms. The molecule has 12 heteroatoms. The van der Waals surface area contributed by atoms with Gasteiger partial charge < -0.3 is 20.0 Å². The Morgan fingerprint density at radius 3 is 2.33 bits per heavy atom. The standard InChI is InChI=1S/C30H34ClF4N5O2/c31-21-5-8-24(19-3-6-22(7-4-19)38-12-10-37(11-13-38)17-20-15-30(20,34)35)26(14-21)39-9-1-2-23(18-39)40-27(28(32)33)25(16-36-40)29(41)42/h3-8,14,16,20,23,28-29,41-42H,1-2,9-13,15,17-18H2. The summed E-state index contributed by atoms with van der Waals surface area (Å²) in [5.74, 6) is -2.98. The van der Waals surface area contributed by atoms with E-state index in [1.807, 2.05) is 18.2 Å². The van der Waals surface area contributed by atoms with Gasteiger partial charge in [0.2, 0.25) is 0 Å². The van der Waals surface area contributed by atoms with Crippen molar-refractivity contribution in [3.05, 3.63) is 64.9 Å². The molecule has 2 aliphatic heterocycles. The Labute approximate surface area is 246 Å². The Bertz CT molecular complexity index is 1390. The molecule has 3 fully saturated rings. The summed E-state index contributed by atoms with van der Waals surface area (Å²) in [6.07, 6.45) is -2.45. The Morgan fingerprint density at radius 2 is 1.69 bits per heavy atom. The van der Waals surface area contributed by atoms with Gasteiger partial charge in [0.05, 0.1) is 17.8 Å². The van der Waals surface area contributed by atoms with E-state index in [-0.39, 0.29) is 18.0 Å². The minimum Gasteiger partial charge on any atom is -0.369 e. The molecule has 2 saturated heterocycles. The number of aromatic nitrogens is 2. The molecule has 0 amide bonds. The molecule has 6 rings (SSSR count). The fraction of sp³-hybridized carbons (Fsp3) is 0.500. The SMILES string of the molecule is OC(O)c1cnn(C2CCCN(c3cc(Cl)ccc3-c3ccc(N4CCN(CC5CC5(F)F)CC4)cc3)C2)c1C(F)F. The van der Waals surface area contributed by atoms with Gasteiger partial charge in [0, 0.05) is 80.1 Å². The molecule has 7 nitrogen and oxygen atoms in total. The summed E-state index contributed by atoms with van der Waals surface area (Å²) in [7, 11) is 0. The largest absolute Gasteiger partial charge is 0.369 e. The van der Waals surface area contributed by atoms with Gasteiger partial charge in [0.1, 0.15) is 5.69 Å². The van der Waals surface area contributed by atoms with E-state index in [0.29, 0.717) is 31.1 Å². The normalized spacial score (nSPS) is 22.8. The highest BCUT2D eigenvalue weighted by molar-refractivity contribution is 6.31. The molecule has 1 aliphatic carbocycles. The quantitative estimate of drug-likeness (QED) is 0.251. The molecule has 3 heterocycles. The lowest BCUT2D eigenvalue weighted by Crippen LogP contribution is -2.47. The molecule has 0 spiro atoms. The minimum atomic E-state index is -2.90. The van der Waals surface area contributed by atoms with Crippen LogP contribution in [0.4, 0.5) is 28.9 Å². The van der Waals surface area contributed by atoms with Crippen molar-refractivity contribution in [2.75, 3.05) is 55.6 Å². The molecule has 42 heavy (non-hydrogen) atoms. The fourth-order valence-corrected chi connectivity index (χ4v) is 6.47. The molecular formula is C30H34ClF4N5O2. The lowest BCUT2D eigenvalue weighted by molar-refractivity contribution is -0.0454. The highest BCUT2D eigenvalue weighted by atomic mass is 35.5. The van der Waals surface area contributed by atoms with Crippen LogP contribution < -0.4 is 9.80 Å². The lowest BCUT2D eigenvalue weighted by atomic mass is 9.99. The maximum Gasteiger partial charge on any atom is 0.280 e. The molecule has 3 aliphatic rings. The monoisotopic (exact) mass is 607 g/mol. The van der Waals surface area contributed by atoms with Crippen LogP contribution in [0, 0.1) is 5.92 Å². The predicted octanol–water partition coefficient (Wildman–Crippen LogP) is 5.74. The van der Waals surface area contributed by atoms with E-state index in [2.05, 4.69) is 44.1 Å². The van der Waals surface area contributed by atoms with Gasteiger partial charge in [-0.1, -0.05) is 29.8 Å². The number of alkyl halides is 4. The Balaban J connectivity index is 1.17. The van der Waals surface area contributed by atoms with E-state index in [4.69, 9.17) is 11.6 Å². The summed E-state index contributed by atoms with van der Waals surface area (Å²) in [4.78, 5) is 6.52. The third kappa shape index (κ3) is 5.97. The molecule has 2 aromatic carbocycles. The molecule has 0 radical (unpaired) electrons. The topological polar surface area (TPSA) is 68.0 Å². The number of hydrogen-bond acceptors (Lipinski definition) is 6. The smallest absolute Gasteiger partial charge is 0.280 e. The van der Waals surface area contributed by atoms with Gasteiger partial charge in [-0.2, -0.15) is 5.10 Å². The predicted molar refractivity (Wildman–Crippen MR) is 153 cm³/mol. The summed E-state index contributed by atoms with van der Waals surface area (Å²) in [5.41, 5.74) is 3.16. The summed E-state index contributed by atoms with van der Waals surface area (Å²) >= 11 is 6.42. The first-order valence-corrected chi connectivity index (χ1v) is 14.7. The van der Waals surface area contributed by atoms with Gasteiger partial charge in [-0.25, -0.2) is 17.6 Å². The van der Waals surface area contributed by atoms with E-state index in [0.717, 1.165) is 61.3 Å². The number of piperidine rings is 1. The van der Waals surface area contributed by atoms with Crippen molar-refractivity contribution < 1.29 is 27.8 Å². The van der Waals surface area contributed by atoms with Crippen LogP contribution in [0.1, 0.15) is 49.3 Å². The van der Waals surface area contributed by atoms with E-state index in [9.17, 15) is 27.8 Å². The summed E-state index contributed by atoms with van der Waals surface area (Å²) in [6, 6.07) is 13.5. The second-order valence-corrected chi connectivity index (χ2v) is 11.9. The molecule has 2 N–H and O–H groups in total. The molecule has 226 valence electrons. The van der Waals surface area contributed by atoms with Crippen LogP contribution in [0.5, 0.6) is 0 Å². The van der Waals surface area contributed by atoms with Gasteiger partial charge in [-0.15, -0.1) is 0 Å². The van der Waals surface area contributed by atoms with Crippen molar-refractivity contribution in [3.8, 4) is 11.1 Å².